The number of ether oxygens (including phenoxy) is 4. The van der Waals surface area contributed by atoms with Crippen LogP contribution in [0.15, 0.2) is 22.8 Å². The quantitative estimate of drug-likeness (QED) is 0.429. The monoisotopic (exact) mass is 426 g/mol. The summed E-state index contributed by atoms with van der Waals surface area (Å²) in [4.78, 5) is 11.8. The van der Waals surface area contributed by atoms with Gasteiger partial charge in [-0.15, -0.1) is 0 Å². The number of carbonyl (C=O) groups excluding carboxylic acids is 1. The molecular weight excluding hydrogens is 400 g/mol. The number of hydrogen-bond donors (Lipinski definition) is 4. The van der Waals surface area contributed by atoms with Crippen molar-refractivity contribution in [3.8, 4) is 11.5 Å². The molecule has 1 saturated heterocycles. The highest BCUT2D eigenvalue weighted by Gasteiger charge is 2.45. The highest BCUT2D eigenvalue weighted by molar-refractivity contribution is 5.87. The number of hydrogen-bond acceptors (Lipinski definition) is 10. The topological polar surface area (TPSA) is 148 Å². The molecule has 10 heteroatoms. The van der Waals surface area contributed by atoms with Crippen LogP contribution >= 0.6 is 0 Å². The Morgan fingerprint density at radius 2 is 1.93 bits per heavy atom. The fraction of sp³-hybridized carbons (Fsp3) is 0.550. The fourth-order valence-corrected chi connectivity index (χ4v) is 3.37. The molecule has 5 atom stereocenters. The number of aryl methyl sites for hydroxylation is 1. The van der Waals surface area contributed by atoms with Gasteiger partial charge in [-0.3, -0.25) is 4.79 Å². The average molecular weight is 426 g/mol. The number of fused-ring (bicyclic) bond motifs is 1. The SMILES string of the molecule is CCOC(=O)CCc1cc2ccoc2c(OC)c1O[C@@H]1O[C@H](CO)[C@@H](O)[C@H](O)[C@H]1O. The number of aliphatic hydroxyl groups excluding tert-OH is 4. The molecule has 10 nitrogen and oxygen atoms in total. The molecule has 1 aliphatic heterocycles. The van der Waals surface area contributed by atoms with E-state index in [4.69, 9.17) is 23.4 Å². The second-order valence-corrected chi connectivity index (χ2v) is 6.86. The van der Waals surface area contributed by atoms with Crippen LogP contribution in [-0.4, -0.2) is 77.4 Å². The first-order valence-electron chi connectivity index (χ1n) is 9.61. The van der Waals surface area contributed by atoms with E-state index in [2.05, 4.69) is 0 Å². The molecular formula is C20H26O10. The van der Waals surface area contributed by atoms with Gasteiger partial charge in [-0.2, -0.15) is 0 Å². The summed E-state index contributed by atoms with van der Waals surface area (Å²) in [7, 11) is 1.41. The van der Waals surface area contributed by atoms with E-state index in [1.807, 2.05) is 0 Å². The molecule has 2 heterocycles. The zero-order valence-corrected chi connectivity index (χ0v) is 16.7. The molecule has 1 aliphatic rings. The molecule has 1 aromatic carbocycles. The summed E-state index contributed by atoms with van der Waals surface area (Å²) < 4.78 is 27.2. The van der Waals surface area contributed by atoms with E-state index in [1.165, 1.54) is 13.4 Å². The first kappa shape index (κ1) is 22.3. The van der Waals surface area contributed by atoms with Crippen LogP contribution in [-0.2, 0) is 20.7 Å². The summed E-state index contributed by atoms with van der Waals surface area (Å²) in [5.41, 5.74) is 0.947. The first-order chi connectivity index (χ1) is 14.4. The fourth-order valence-electron chi connectivity index (χ4n) is 3.37. The zero-order chi connectivity index (χ0) is 21.8. The lowest BCUT2D eigenvalue weighted by molar-refractivity contribution is -0.277. The van der Waals surface area contributed by atoms with E-state index in [0.29, 0.717) is 16.5 Å². The third-order valence-corrected chi connectivity index (χ3v) is 4.92. The predicted octanol–water partition coefficient (Wildman–Crippen LogP) is 0.116. The number of benzene rings is 1. The van der Waals surface area contributed by atoms with E-state index in [9.17, 15) is 25.2 Å². The summed E-state index contributed by atoms with van der Waals surface area (Å²) in [5.74, 6) is -0.0237. The Bertz CT molecular complexity index is 861. The summed E-state index contributed by atoms with van der Waals surface area (Å²) in [5, 5.41) is 40.4. The average Bonchev–Trinajstić information content (AvgIpc) is 3.20. The molecule has 0 bridgehead atoms. The van der Waals surface area contributed by atoms with Crippen molar-refractivity contribution in [3.63, 3.8) is 0 Å². The highest BCUT2D eigenvalue weighted by Crippen LogP contribution is 2.41. The van der Waals surface area contributed by atoms with Gasteiger partial charge in [0, 0.05) is 11.8 Å². The van der Waals surface area contributed by atoms with Crippen molar-refractivity contribution >= 4 is 16.9 Å². The van der Waals surface area contributed by atoms with Gasteiger partial charge in [0.15, 0.2) is 11.3 Å². The predicted molar refractivity (Wildman–Crippen MR) is 102 cm³/mol. The lowest BCUT2D eigenvalue weighted by atomic mass is 9.99. The van der Waals surface area contributed by atoms with Gasteiger partial charge < -0.3 is 43.8 Å². The van der Waals surface area contributed by atoms with E-state index in [1.54, 1.807) is 19.1 Å². The second-order valence-electron chi connectivity index (χ2n) is 6.86. The van der Waals surface area contributed by atoms with Crippen LogP contribution in [0.3, 0.4) is 0 Å². The Hall–Kier alpha value is -2.37. The largest absolute Gasteiger partial charge is 0.490 e. The van der Waals surface area contributed by atoms with Gasteiger partial charge in [0.1, 0.15) is 24.4 Å². The van der Waals surface area contributed by atoms with Crippen molar-refractivity contribution in [2.75, 3.05) is 20.3 Å². The summed E-state index contributed by atoms with van der Waals surface area (Å²) >= 11 is 0. The maximum Gasteiger partial charge on any atom is 0.306 e. The highest BCUT2D eigenvalue weighted by atomic mass is 16.7. The normalized spacial score (nSPS) is 26.5. The number of furan rings is 1. The Balaban J connectivity index is 1.95. The van der Waals surface area contributed by atoms with Crippen molar-refractivity contribution in [1.29, 1.82) is 0 Å². The van der Waals surface area contributed by atoms with Crippen LogP contribution in [0.2, 0.25) is 0 Å². The van der Waals surface area contributed by atoms with Crippen LogP contribution < -0.4 is 9.47 Å². The van der Waals surface area contributed by atoms with Gasteiger partial charge in [0.2, 0.25) is 12.0 Å². The first-order valence-corrected chi connectivity index (χ1v) is 9.61. The minimum Gasteiger partial charge on any atom is -0.490 e. The molecule has 0 unspecified atom stereocenters. The number of methoxy groups -OCH3 is 1. The lowest BCUT2D eigenvalue weighted by Gasteiger charge is -2.39. The molecule has 166 valence electrons. The van der Waals surface area contributed by atoms with Crippen LogP contribution in [0.4, 0.5) is 0 Å². The lowest BCUT2D eigenvalue weighted by Crippen LogP contribution is -2.60. The van der Waals surface area contributed by atoms with E-state index < -0.39 is 37.3 Å². The molecule has 0 saturated carbocycles. The van der Waals surface area contributed by atoms with Crippen LogP contribution in [0.25, 0.3) is 11.0 Å². The van der Waals surface area contributed by atoms with E-state index in [-0.39, 0.29) is 36.9 Å². The molecule has 3 rings (SSSR count). The van der Waals surface area contributed by atoms with Gasteiger partial charge in [-0.1, -0.05) is 0 Å². The van der Waals surface area contributed by atoms with Gasteiger partial charge >= 0.3 is 5.97 Å². The minimum atomic E-state index is -1.60. The molecule has 0 spiro atoms. The van der Waals surface area contributed by atoms with Gasteiger partial charge in [-0.05, 0) is 31.0 Å². The van der Waals surface area contributed by atoms with Crippen LogP contribution in [0.1, 0.15) is 18.9 Å². The van der Waals surface area contributed by atoms with Crippen LogP contribution in [0.5, 0.6) is 11.5 Å². The molecule has 0 aliphatic carbocycles. The standard InChI is InChI=1S/C20H26O10/c1-3-27-13(22)5-4-10-8-11-6-7-28-17(11)19(26-2)18(10)30-20-16(25)15(24)14(23)12(9-21)29-20/h6-8,12,14-16,20-21,23-25H,3-5,9H2,1-2H3/t12-,14-,15+,16-,20+/m1/s1. The Morgan fingerprint density at radius 1 is 1.17 bits per heavy atom. The summed E-state index contributed by atoms with van der Waals surface area (Å²) in [6, 6.07) is 3.48. The van der Waals surface area contributed by atoms with Crippen molar-refractivity contribution in [2.24, 2.45) is 0 Å². The molecule has 4 N–H and O–H groups in total. The number of aliphatic hydroxyl groups is 4. The summed E-state index contributed by atoms with van der Waals surface area (Å²) in [6.07, 6.45) is -5.46. The molecule has 0 radical (unpaired) electrons. The second kappa shape index (κ2) is 9.63. The molecule has 30 heavy (non-hydrogen) atoms. The Labute approximate surface area is 172 Å². The number of esters is 1. The molecule has 2 aromatic rings. The number of carbonyl (C=O) groups is 1. The number of rotatable bonds is 8. The third kappa shape index (κ3) is 4.37. The van der Waals surface area contributed by atoms with Gasteiger partial charge in [0.25, 0.3) is 0 Å². The van der Waals surface area contributed by atoms with Crippen molar-refractivity contribution in [2.45, 2.75) is 50.5 Å². The maximum absolute atomic E-state index is 11.8. The zero-order valence-electron chi connectivity index (χ0n) is 16.7. The van der Waals surface area contributed by atoms with Crippen molar-refractivity contribution in [1.82, 2.24) is 0 Å². The van der Waals surface area contributed by atoms with Crippen molar-refractivity contribution < 1.29 is 48.6 Å². The van der Waals surface area contributed by atoms with Crippen LogP contribution in [0, 0.1) is 0 Å². The van der Waals surface area contributed by atoms with Gasteiger partial charge in [0.05, 0.1) is 26.6 Å². The Morgan fingerprint density at radius 3 is 2.60 bits per heavy atom. The molecule has 1 aromatic heterocycles. The Kier molecular flexibility index (Phi) is 7.16. The molecule has 0 amide bonds. The summed E-state index contributed by atoms with van der Waals surface area (Å²) in [6.45, 7) is 1.39. The van der Waals surface area contributed by atoms with E-state index in [0.717, 1.165) is 0 Å². The van der Waals surface area contributed by atoms with E-state index >= 15 is 0 Å². The maximum atomic E-state index is 11.8. The third-order valence-electron chi connectivity index (χ3n) is 4.92. The minimum absolute atomic E-state index is 0.0748. The van der Waals surface area contributed by atoms with Crippen molar-refractivity contribution in [3.05, 3.63) is 24.0 Å². The molecule has 1 fully saturated rings. The smallest absolute Gasteiger partial charge is 0.306 e. The van der Waals surface area contributed by atoms with Gasteiger partial charge in [-0.25, -0.2) is 0 Å².